The average Bonchev–Trinajstić information content (AvgIpc) is 3.48. The first-order valence-electron chi connectivity index (χ1n) is 16.2. The van der Waals surface area contributed by atoms with Crippen molar-refractivity contribution >= 4 is 47.5 Å². The minimum Gasteiger partial charge on any atom is -0.465 e. The lowest BCUT2D eigenvalue weighted by Crippen LogP contribution is -2.51. The van der Waals surface area contributed by atoms with Gasteiger partial charge >= 0.3 is 12.1 Å². The Morgan fingerprint density at radius 1 is 1.06 bits per heavy atom. The van der Waals surface area contributed by atoms with E-state index < -0.39 is 36.0 Å². The van der Waals surface area contributed by atoms with E-state index in [-0.39, 0.29) is 35.0 Å². The molecule has 0 unspecified atom stereocenters. The highest BCUT2D eigenvalue weighted by atomic mass is 32.2. The number of carbonyl (C=O) groups excluding carboxylic acids is 1. The first-order chi connectivity index (χ1) is 22.3. The number of urea groups is 1. The van der Waals surface area contributed by atoms with Gasteiger partial charge in [0.1, 0.15) is 0 Å². The number of sulfonamides is 1. The molecule has 0 saturated heterocycles. The molecule has 3 aromatic rings. The Kier molecular flexibility index (Phi) is 11.5. The lowest BCUT2D eigenvalue weighted by atomic mass is 9.86. The third kappa shape index (κ3) is 9.44. The molecule has 1 aromatic heterocycles. The van der Waals surface area contributed by atoms with Gasteiger partial charge in [0.25, 0.3) is 0 Å². The van der Waals surface area contributed by atoms with E-state index >= 15 is 0 Å². The third-order valence-electron chi connectivity index (χ3n) is 9.22. The second-order valence-corrected chi connectivity index (χ2v) is 22.2. The number of primary amides is 1. The monoisotopic (exact) mass is 715 g/mol. The molecule has 14 heteroatoms. The van der Waals surface area contributed by atoms with Crippen LogP contribution in [0.15, 0.2) is 59.6 Å². The fourth-order valence-electron chi connectivity index (χ4n) is 5.45. The fraction of sp³-hybridized carbons (Fsp3) is 0.500. The number of nitrogens with zero attached hydrogens (tertiary/aromatic N) is 2. The van der Waals surface area contributed by atoms with Gasteiger partial charge < -0.3 is 20.6 Å². The number of benzene rings is 2. The van der Waals surface area contributed by atoms with E-state index in [2.05, 4.69) is 48.9 Å². The molecule has 0 bridgehead atoms. The molecule has 262 valence electrons. The van der Waals surface area contributed by atoms with Crippen molar-refractivity contribution in [1.29, 1.82) is 0 Å². The Bertz CT molecular complexity index is 1700. The number of nitrogens with one attached hydrogen (secondary N) is 2. The van der Waals surface area contributed by atoms with Gasteiger partial charge in [0, 0.05) is 34.9 Å². The molecule has 11 nitrogen and oxygen atoms in total. The van der Waals surface area contributed by atoms with Gasteiger partial charge in [-0.1, -0.05) is 57.2 Å². The number of carboxylic acid groups (broad SMARTS) is 1. The van der Waals surface area contributed by atoms with Crippen LogP contribution in [0.2, 0.25) is 18.1 Å². The van der Waals surface area contributed by atoms with Gasteiger partial charge in [-0.2, -0.15) is 0 Å². The number of carbonyl (C=O) groups is 2. The van der Waals surface area contributed by atoms with Gasteiger partial charge in [-0.05, 0) is 75.4 Å². The zero-order valence-electron chi connectivity index (χ0n) is 28.9. The maximum atomic E-state index is 14.3. The van der Waals surface area contributed by atoms with Crippen LogP contribution < -0.4 is 20.7 Å². The van der Waals surface area contributed by atoms with E-state index in [1.54, 1.807) is 32.2 Å². The lowest BCUT2D eigenvalue weighted by Gasteiger charge is -2.39. The molecule has 3 amide bonds. The van der Waals surface area contributed by atoms with Crippen molar-refractivity contribution in [2.75, 3.05) is 11.5 Å². The molecule has 0 spiro atoms. The quantitative estimate of drug-likeness (QED) is 0.143. The molecule has 4 rings (SSSR count). The maximum absolute atomic E-state index is 14.3. The molecule has 0 radical (unpaired) electrons. The number of hydrogen-bond acceptors (Lipinski definition) is 7. The molecule has 1 saturated carbocycles. The van der Waals surface area contributed by atoms with Crippen molar-refractivity contribution in [2.45, 2.75) is 107 Å². The van der Waals surface area contributed by atoms with E-state index in [1.165, 1.54) is 22.3 Å². The van der Waals surface area contributed by atoms with Crippen LogP contribution in [0.25, 0.3) is 10.4 Å². The van der Waals surface area contributed by atoms with Crippen LogP contribution in [0.5, 0.6) is 0 Å². The van der Waals surface area contributed by atoms with Gasteiger partial charge in [0.2, 0.25) is 10.0 Å². The summed E-state index contributed by atoms with van der Waals surface area (Å²) in [6.07, 6.45) is 3.64. The van der Waals surface area contributed by atoms with Crippen molar-refractivity contribution in [3.8, 4) is 10.4 Å². The number of anilines is 1. The van der Waals surface area contributed by atoms with Crippen LogP contribution in [0.4, 0.5) is 15.3 Å². The zero-order valence-corrected chi connectivity index (χ0v) is 31.5. The Labute approximate surface area is 289 Å². The predicted octanol–water partition coefficient (Wildman–Crippen LogP) is 7.27. The second-order valence-electron chi connectivity index (χ2n) is 14.7. The third-order valence-corrected chi connectivity index (χ3v) is 16.6. The number of aromatic nitrogens is 1. The minimum atomic E-state index is -4.17. The molecule has 0 aliphatic heterocycles. The highest BCUT2D eigenvalue weighted by molar-refractivity contribution is 7.89. The highest BCUT2D eigenvalue weighted by Crippen LogP contribution is 2.41. The second kappa shape index (κ2) is 14.7. The van der Waals surface area contributed by atoms with Crippen molar-refractivity contribution in [1.82, 2.24) is 15.0 Å². The maximum Gasteiger partial charge on any atom is 0.404 e. The van der Waals surface area contributed by atoms with E-state index in [1.807, 2.05) is 30.3 Å². The first-order valence-corrected chi connectivity index (χ1v) is 21.4. The Morgan fingerprint density at radius 3 is 2.29 bits per heavy atom. The van der Waals surface area contributed by atoms with Gasteiger partial charge in [-0.15, -0.1) is 11.3 Å². The molecule has 1 aliphatic rings. The Morgan fingerprint density at radius 2 is 1.71 bits per heavy atom. The predicted molar refractivity (Wildman–Crippen MR) is 193 cm³/mol. The SMILES string of the molecule is CC(C)(CO[Si](C)(C)C(C)(C)C)NS(=O)(=O)c1cc(N(Cc2ccccc2)C(N)=O)ccc1-c1cnc(C2CCC(NC(=O)O)CC2)s1. The summed E-state index contributed by atoms with van der Waals surface area (Å²) in [4.78, 5) is 30.5. The zero-order chi connectivity index (χ0) is 35.5. The van der Waals surface area contributed by atoms with Crippen LogP contribution in [0, 0.1) is 0 Å². The molecule has 1 heterocycles. The Hall–Kier alpha value is -3.30. The summed E-state index contributed by atoms with van der Waals surface area (Å²) in [6, 6.07) is 13.5. The van der Waals surface area contributed by atoms with Crippen LogP contribution in [-0.4, -0.2) is 57.1 Å². The standard InChI is InChI=1S/C34H49N5O6S2Si/c1-33(2,3)48(6,7)45-22-34(4,5)38-47(43,44)29-19-26(39(31(35)40)21-23-11-9-8-10-12-23)17-18-27(29)28-20-36-30(46-28)24-13-15-25(16-14-24)37-32(41)42/h8-12,17-20,24-25,37-38H,13-16,21-22H2,1-7H3,(H2,35,40)(H,41,42). The van der Waals surface area contributed by atoms with Crippen LogP contribution in [0.1, 0.15) is 76.8 Å². The summed E-state index contributed by atoms with van der Waals surface area (Å²) in [5.74, 6) is 0.149. The van der Waals surface area contributed by atoms with E-state index in [9.17, 15) is 18.0 Å². The fourth-order valence-corrected chi connectivity index (χ4v) is 9.44. The molecule has 1 fully saturated rings. The molecular formula is C34H49N5O6S2Si. The molecule has 1 aliphatic carbocycles. The highest BCUT2D eigenvalue weighted by Gasteiger charge is 2.39. The van der Waals surface area contributed by atoms with Crippen molar-refractivity contribution in [2.24, 2.45) is 5.73 Å². The molecule has 2 aromatic carbocycles. The lowest BCUT2D eigenvalue weighted by molar-refractivity contribution is 0.185. The molecule has 5 N–H and O–H groups in total. The number of nitrogens with two attached hydrogens (primary N) is 1. The van der Waals surface area contributed by atoms with Gasteiger partial charge in [0.15, 0.2) is 8.32 Å². The van der Waals surface area contributed by atoms with Crippen molar-refractivity contribution in [3.63, 3.8) is 0 Å². The summed E-state index contributed by atoms with van der Waals surface area (Å²) in [5, 5.41) is 12.5. The Balaban J connectivity index is 1.70. The summed E-state index contributed by atoms with van der Waals surface area (Å²) >= 11 is 1.43. The van der Waals surface area contributed by atoms with Crippen LogP contribution in [0.3, 0.4) is 0 Å². The first kappa shape index (κ1) is 37.5. The largest absolute Gasteiger partial charge is 0.465 e. The van der Waals surface area contributed by atoms with E-state index in [4.69, 9.17) is 15.3 Å². The van der Waals surface area contributed by atoms with Crippen LogP contribution >= 0.6 is 11.3 Å². The smallest absolute Gasteiger partial charge is 0.404 e. The summed E-state index contributed by atoms with van der Waals surface area (Å²) in [6.45, 7) is 14.6. The van der Waals surface area contributed by atoms with E-state index in [0.717, 1.165) is 23.4 Å². The van der Waals surface area contributed by atoms with Gasteiger partial charge in [0.05, 0.1) is 27.9 Å². The summed E-state index contributed by atoms with van der Waals surface area (Å²) in [5.41, 5.74) is 6.53. The van der Waals surface area contributed by atoms with Gasteiger partial charge in [-0.25, -0.2) is 27.7 Å². The van der Waals surface area contributed by atoms with Gasteiger partial charge in [-0.3, -0.25) is 4.90 Å². The molecular weight excluding hydrogens is 667 g/mol. The average molecular weight is 716 g/mol. The normalized spacial score (nSPS) is 17.6. The number of hydrogen-bond donors (Lipinski definition) is 4. The minimum absolute atomic E-state index is 0.00396. The summed E-state index contributed by atoms with van der Waals surface area (Å²) < 4.78 is 38.0. The number of amides is 3. The summed E-state index contributed by atoms with van der Waals surface area (Å²) in [7, 11) is -6.33. The topological polar surface area (TPSA) is 164 Å². The number of rotatable bonds is 12. The van der Waals surface area contributed by atoms with Crippen LogP contribution in [-0.2, 0) is 21.0 Å². The van der Waals surface area contributed by atoms with E-state index in [0.29, 0.717) is 29.0 Å². The number of thiazole rings is 1. The molecule has 48 heavy (non-hydrogen) atoms. The van der Waals surface area contributed by atoms with Crippen molar-refractivity contribution < 1.29 is 27.5 Å². The van der Waals surface area contributed by atoms with Crippen molar-refractivity contribution in [3.05, 3.63) is 65.3 Å². The molecule has 0 atom stereocenters.